The van der Waals surface area contributed by atoms with E-state index in [-0.39, 0.29) is 5.97 Å². The van der Waals surface area contributed by atoms with Crippen molar-refractivity contribution in [3.63, 3.8) is 0 Å². The zero-order valence-corrected chi connectivity index (χ0v) is 13.7. The Morgan fingerprint density at radius 3 is 2.40 bits per heavy atom. The van der Waals surface area contributed by atoms with Gasteiger partial charge in [0.1, 0.15) is 5.54 Å². The topological polar surface area (TPSA) is 38.3 Å². The van der Waals surface area contributed by atoms with E-state index < -0.39 is 5.54 Å². The fourth-order valence-corrected chi connectivity index (χ4v) is 3.13. The van der Waals surface area contributed by atoms with Crippen molar-refractivity contribution >= 4 is 5.97 Å². The average Bonchev–Trinajstić information content (AvgIpc) is 2.91. The molecule has 1 aliphatic carbocycles. The molecule has 3 heteroatoms. The number of unbranched alkanes of at least 4 members (excludes halogenated alkanes) is 4. The number of ether oxygens (including phenoxy) is 1. The summed E-state index contributed by atoms with van der Waals surface area (Å²) in [6, 6.07) is 0.500. The summed E-state index contributed by atoms with van der Waals surface area (Å²) in [5.74, 6) is -0.0672. The highest BCUT2D eigenvalue weighted by molar-refractivity contribution is 5.80. The molecule has 0 spiro atoms. The van der Waals surface area contributed by atoms with Crippen molar-refractivity contribution in [1.82, 2.24) is 5.32 Å². The normalized spacial score (nSPS) is 18.9. The van der Waals surface area contributed by atoms with Crippen LogP contribution in [0.2, 0.25) is 0 Å². The van der Waals surface area contributed by atoms with Gasteiger partial charge in [-0.2, -0.15) is 0 Å². The summed E-state index contributed by atoms with van der Waals surface area (Å²) < 4.78 is 5.29. The van der Waals surface area contributed by atoms with E-state index in [1.165, 1.54) is 51.4 Å². The molecule has 0 bridgehead atoms. The van der Waals surface area contributed by atoms with Crippen molar-refractivity contribution in [2.45, 2.75) is 96.6 Å². The van der Waals surface area contributed by atoms with Gasteiger partial charge in [0, 0.05) is 6.04 Å². The minimum Gasteiger partial charge on any atom is -0.465 e. The summed E-state index contributed by atoms with van der Waals surface area (Å²) >= 11 is 0. The third-order valence-corrected chi connectivity index (χ3v) is 4.38. The molecule has 0 aromatic carbocycles. The van der Waals surface area contributed by atoms with Crippen LogP contribution in [0.3, 0.4) is 0 Å². The Balaban J connectivity index is 2.46. The van der Waals surface area contributed by atoms with Crippen LogP contribution in [-0.2, 0) is 9.53 Å². The van der Waals surface area contributed by atoms with Gasteiger partial charge in [-0.05, 0) is 33.1 Å². The number of esters is 1. The van der Waals surface area contributed by atoms with Crippen LogP contribution in [-0.4, -0.2) is 24.2 Å². The lowest BCUT2D eigenvalue weighted by molar-refractivity contribution is -0.151. The van der Waals surface area contributed by atoms with Gasteiger partial charge in [-0.15, -0.1) is 0 Å². The Morgan fingerprint density at radius 2 is 1.80 bits per heavy atom. The van der Waals surface area contributed by atoms with Gasteiger partial charge in [-0.25, -0.2) is 0 Å². The van der Waals surface area contributed by atoms with Crippen LogP contribution >= 0.6 is 0 Å². The fraction of sp³-hybridized carbons (Fsp3) is 0.941. The van der Waals surface area contributed by atoms with Crippen LogP contribution in [0.4, 0.5) is 0 Å². The predicted molar refractivity (Wildman–Crippen MR) is 83.8 cm³/mol. The molecule has 0 radical (unpaired) electrons. The Kier molecular flexibility index (Phi) is 8.20. The van der Waals surface area contributed by atoms with E-state index in [1.807, 2.05) is 13.8 Å². The van der Waals surface area contributed by atoms with Gasteiger partial charge >= 0.3 is 5.97 Å². The second kappa shape index (κ2) is 9.38. The molecule has 1 fully saturated rings. The van der Waals surface area contributed by atoms with Crippen molar-refractivity contribution < 1.29 is 9.53 Å². The third-order valence-electron chi connectivity index (χ3n) is 4.38. The first-order valence-electron chi connectivity index (χ1n) is 8.57. The second-order valence-corrected chi connectivity index (χ2v) is 6.34. The van der Waals surface area contributed by atoms with Gasteiger partial charge in [0.15, 0.2) is 0 Å². The lowest BCUT2D eigenvalue weighted by Gasteiger charge is -2.32. The molecular weight excluding hydrogens is 250 g/mol. The van der Waals surface area contributed by atoms with Gasteiger partial charge < -0.3 is 4.74 Å². The molecule has 0 aliphatic heterocycles. The van der Waals surface area contributed by atoms with Crippen LogP contribution in [0.25, 0.3) is 0 Å². The minimum atomic E-state index is -0.489. The number of nitrogens with one attached hydrogen (secondary N) is 1. The van der Waals surface area contributed by atoms with E-state index in [0.29, 0.717) is 12.6 Å². The number of carbonyl (C=O) groups excluding carboxylic acids is 1. The van der Waals surface area contributed by atoms with Gasteiger partial charge in [0.05, 0.1) is 6.61 Å². The van der Waals surface area contributed by atoms with Crippen LogP contribution in [0, 0.1) is 0 Å². The maximum Gasteiger partial charge on any atom is 0.326 e. The van der Waals surface area contributed by atoms with Crippen molar-refractivity contribution in [3.8, 4) is 0 Å². The van der Waals surface area contributed by atoms with Gasteiger partial charge in [0.25, 0.3) is 0 Å². The maximum atomic E-state index is 12.3. The van der Waals surface area contributed by atoms with Crippen molar-refractivity contribution in [2.24, 2.45) is 0 Å². The van der Waals surface area contributed by atoms with Gasteiger partial charge in [-0.1, -0.05) is 51.9 Å². The number of rotatable bonds is 10. The Hall–Kier alpha value is -0.570. The Labute approximate surface area is 124 Å². The SMILES string of the molecule is CCCCCCCC(C)(NC1CCCC1)C(=O)OCC. The molecular formula is C17H33NO2. The van der Waals surface area contributed by atoms with E-state index in [4.69, 9.17) is 4.74 Å². The summed E-state index contributed by atoms with van der Waals surface area (Å²) in [6.45, 7) is 6.61. The molecule has 118 valence electrons. The molecule has 0 saturated heterocycles. The van der Waals surface area contributed by atoms with E-state index in [0.717, 1.165) is 12.8 Å². The van der Waals surface area contributed by atoms with Gasteiger partial charge in [0.2, 0.25) is 0 Å². The summed E-state index contributed by atoms with van der Waals surface area (Å²) in [6.07, 6.45) is 12.0. The zero-order chi connectivity index (χ0) is 14.8. The third kappa shape index (κ3) is 5.82. The molecule has 3 nitrogen and oxygen atoms in total. The van der Waals surface area contributed by atoms with Crippen LogP contribution in [0.1, 0.15) is 85.0 Å². The molecule has 1 N–H and O–H groups in total. The van der Waals surface area contributed by atoms with Crippen molar-refractivity contribution in [1.29, 1.82) is 0 Å². The molecule has 1 rings (SSSR count). The largest absolute Gasteiger partial charge is 0.465 e. The first-order valence-corrected chi connectivity index (χ1v) is 8.57. The van der Waals surface area contributed by atoms with E-state index in [9.17, 15) is 4.79 Å². The summed E-state index contributed by atoms with van der Waals surface area (Å²) in [5, 5.41) is 3.59. The standard InChI is InChI=1S/C17H33NO2/c1-4-6-7-8-11-14-17(3,16(19)20-5-2)18-15-12-9-10-13-15/h15,18H,4-14H2,1-3H3. The van der Waals surface area contributed by atoms with Crippen LogP contribution in [0.5, 0.6) is 0 Å². The number of hydrogen-bond acceptors (Lipinski definition) is 3. The molecule has 1 atom stereocenters. The fourth-order valence-electron chi connectivity index (χ4n) is 3.13. The smallest absolute Gasteiger partial charge is 0.326 e. The Morgan fingerprint density at radius 1 is 1.15 bits per heavy atom. The summed E-state index contributed by atoms with van der Waals surface area (Å²) in [5.41, 5.74) is -0.489. The highest BCUT2D eigenvalue weighted by Gasteiger charge is 2.36. The number of carbonyl (C=O) groups is 1. The first kappa shape index (κ1) is 17.5. The predicted octanol–water partition coefficient (Wildman–Crippen LogP) is 4.20. The van der Waals surface area contributed by atoms with Crippen LogP contribution < -0.4 is 5.32 Å². The Bertz CT molecular complexity index is 274. The van der Waals surface area contributed by atoms with Gasteiger partial charge in [-0.3, -0.25) is 10.1 Å². The lowest BCUT2D eigenvalue weighted by Crippen LogP contribution is -2.54. The zero-order valence-electron chi connectivity index (χ0n) is 13.7. The molecule has 1 aliphatic rings. The van der Waals surface area contributed by atoms with E-state index >= 15 is 0 Å². The van der Waals surface area contributed by atoms with Crippen molar-refractivity contribution in [2.75, 3.05) is 6.61 Å². The average molecular weight is 283 g/mol. The minimum absolute atomic E-state index is 0.0672. The monoisotopic (exact) mass is 283 g/mol. The molecule has 0 aromatic heterocycles. The van der Waals surface area contributed by atoms with E-state index in [1.54, 1.807) is 0 Å². The maximum absolute atomic E-state index is 12.3. The first-order chi connectivity index (χ1) is 9.62. The van der Waals surface area contributed by atoms with Crippen molar-refractivity contribution in [3.05, 3.63) is 0 Å². The molecule has 0 amide bonds. The van der Waals surface area contributed by atoms with Crippen LogP contribution in [0.15, 0.2) is 0 Å². The highest BCUT2D eigenvalue weighted by atomic mass is 16.5. The number of hydrogen-bond donors (Lipinski definition) is 1. The molecule has 20 heavy (non-hydrogen) atoms. The lowest BCUT2D eigenvalue weighted by atomic mass is 9.92. The van der Waals surface area contributed by atoms with E-state index in [2.05, 4.69) is 12.2 Å². The molecule has 1 unspecified atom stereocenters. The molecule has 0 heterocycles. The summed E-state index contributed by atoms with van der Waals surface area (Å²) in [4.78, 5) is 12.3. The molecule has 0 aromatic rings. The summed E-state index contributed by atoms with van der Waals surface area (Å²) in [7, 11) is 0. The molecule has 1 saturated carbocycles. The highest BCUT2D eigenvalue weighted by Crippen LogP contribution is 2.24. The quantitative estimate of drug-likeness (QED) is 0.482. The second-order valence-electron chi connectivity index (χ2n) is 6.34.